The van der Waals surface area contributed by atoms with Crippen molar-refractivity contribution in [3.05, 3.63) is 59.7 Å². The third kappa shape index (κ3) is 8.56. The van der Waals surface area contributed by atoms with Gasteiger partial charge in [0.25, 0.3) is 0 Å². The molecule has 0 spiro atoms. The van der Waals surface area contributed by atoms with Crippen LogP contribution in [0.4, 0.5) is 0 Å². The number of aliphatic hydroxyl groups is 1. The van der Waals surface area contributed by atoms with E-state index in [2.05, 4.69) is 16.0 Å². The Bertz CT molecular complexity index is 1060. The van der Waals surface area contributed by atoms with Crippen LogP contribution in [0.15, 0.2) is 48.5 Å². The average Bonchev–Trinajstić information content (AvgIpc) is 2.83. The molecule has 0 saturated carbocycles. The third-order valence-corrected chi connectivity index (χ3v) is 5.23. The number of carbonyl (C=O) groups is 4. The molecular formula is C24H30N4O8. The van der Waals surface area contributed by atoms with E-state index in [0.29, 0.717) is 11.1 Å². The van der Waals surface area contributed by atoms with Gasteiger partial charge in [-0.25, -0.2) is 4.79 Å². The van der Waals surface area contributed by atoms with Crippen molar-refractivity contribution >= 4 is 23.7 Å². The van der Waals surface area contributed by atoms with Gasteiger partial charge in [0.2, 0.25) is 17.7 Å². The first-order chi connectivity index (χ1) is 17.0. The first-order valence-electron chi connectivity index (χ1n) is 11.1. The summed E-state index contributed by atoms with van der Waals surface area (Å²) in [7, 11) is 0. The van der Waals surface area contributed by atoms with E-state index in [9.17, 15) is 34.5 Å². The topological polar surface area (TPSA) is 211 Å². The van der Waals surface area contributed by atoms with Crippen LogP contribution in [-0.2, 0) is 32.0 Å². The number of carbonyl (C=O) groups excluding carboxylic acids is 3. The lowest BCUT2D eigenvalue weighted by Gasteiger charge is -2.25. The van der Waals surface area contributed by atoms with Crippen LogP contribution in [0, 0.1) is 0 Å². The van der Waals surface area contributed by atoms with Crippen molar-refractivity contribution < 1.29 is 39.6 Å². The van der Waals surface area contributed by atoms with Gasteiger partial charge in [0, 0.05) is 12.8 Å². The maximum Gasteiger partial charge on any atom is 0.328 e. The fraction of sp³-hybridized carbons (Fsp3) is 0.333. The Balaban J connectivity index is 2.29. The highest BCUT2D eigenvalue weighted by molar-refractivity contribution is 5.94. The molecule has 0 heterocycles. The van der Waals surface area contributed by atoms with Gasteiger partial charge >= 0.3 is 5.97 Å². The molecule has 194 valence electrons. The number of nitrogens with one attached hydrogen (secondary N) is 3. The number of rotatable bonds is 12. The number of aliphatic hydroxyl groups excluding tert-OH is 1. The van der Waals surface area contributed by atoms with E-state index >= 15 is 0 Å². The fourth-order valence-corrected chi connectivity index (χ4v) is 3.19. The SMILES string of the molecule is CC(N)C(=O)NC(Cc1ccc(O)cc1)C(=O)NC(Cc1ccc(O)cc1)C(=O)NC(CO)C(=O)O. The number of aliphatic carboxylic acids is 1. The summed E-state index contributed by atoms with van der Waals surface area (Å²) in [4.78, 5) is 49.6. The molecule has 0 radical (unpaired) electrons. The summed E-state index contributed by atoms with van der Waals surface area (Å²) in [5.41, 5.74) is 6.76. The average molecular weight is 503 g/mol. The molecule has 0 fully saturated rings. The number of aromatic hydroxyl groups is 2. The molecule has 12 nitrogen and oxygen atoms in total. The smallest absolute Gasteiger partial charge is 0.328 e. The van der Waals surface area contributed by atoms with Crippen LogP contribution in [0.25, 0.3) is 0 Å². The lowest BCUT2D eigenvalue weighted by molar-refractivity contribution is -0.143. The summed E-state index contributed by atoms with van der Waals surface area (Å²) in [6.45, 7) is 0.571. The molecule has 36 heavy (non-hydrogen) atoms. The highest BCUT2D eigenvalue weighted by Gasteiger charge is 2.30. The van der Waals surface area contributed by atoms with Gasteiger partial charge in [-0.15, -0.1) is 0 Å². The zero-order valence-electron chi connectivity index (χ0n) is 19.5. The van der Waals surface area contributed by atoms with Crippen molar-refractivity contribution in [3.8, 4) is 11.5 Å². The Hall–Kier alpha value is -4.16. The summed E-state index contributed by atoms with van der Waals surface area (Å²) < 4.78 is 0. The monoisotopic (exact) mass is 502 g/mol. The van der Waals surface area contributed by atoms with Gasteiger partial charge in [-0.2, -0.15) is 0 Å². The van der Waals surface area contributed by atoms with Crippen molar-refractivity contribution in [1.29, 1.82) is 0 Å². The van der Waals surface area contributed by atoms with E-state index < -0.39 is 54.5 Å². The Morgan fingerprint density at radius 2 is 1.08 bits per heavy atom. The highest BCUT2D eigenvalue weighted by Crippen LogP contribution is 2.14. The Kier molecular flexibility index (Phi) is 10.2. The Morgan fingerprint density at radius 1 is 0.722 bits per heavy atom. The Labute approximate surface area is 207 Å². The second-order valence-corrected chi connectivity index (χ2v) is 8.23. The molecular weight excluding hydrogens is 472 g/mol. The molecule has 0 aliphatic carbocycles. The third-order valence-electron chi connectivity index (χ3n) is 5.23. The lowest BCUT2D eigenvalue weighted by Crippen LogP contribution is -2.58. The Morgan fingerprint density at radius 3 is 1.42 bits per heavy atom. The quantitative estimate of drug-likeness (QED) is 0.174. The van der Waals surface area contributed by atoms with Crippen molar-refractivity contribution in [1.82, 2.24) is 16.0 Å². The van der Waals surface area contributed by atoms with E-state index in [1.807, 2.05) is 0 Å². The van der Waals surface area contributed by atoms with E-state index in [-0.39, 0.29) is 24.3 Å². The molecule has 12 heteroatoms. The molecule has 0 aliphatic rings. The van der Waals surface area contributed by atoms with Gasteiger partial charge in [0.05, 0.1) is 12.6 Å². The summed E-state index contributed by atoms with van der Waals surface area (Å²) in [5, 5.41) is 44.7. The fourth-order valence-electron chi connectivity index (χ4n) is 3.19. The second-order valence-electron chi connectivity index (χ2n) is 8.23. The predicted octanol–water partition coefficient (Wildman–Crippen LogP) is -1.24. The molecule has 4 unspecified atom stereocenters. The van der Waals surface area contributed by atoms with Gasteiger partial charge in [0.1, 0.15) is 29.6 Å². The van der Waals surface area contributed by atoms with E-state index in [1.54, 1.807) is 12.1 Å². The second kappa shape index (κ2) is 13.1. The van der Waals surface area contributed by atoms with E-state index in [0.717, 1.165) is 0 Å². The molecule has 9 N–H and O–H groups in total. The van der Waals surface area contributed by atoms with E-state index in [1.165, 1.54) is 43.3 Å². The standard InChI is InChI=1S/C24H30N4O8/c1-13(25)21(32)26-18(10-14-2-6-16(30)7-3-14)22(33)27-19(11-15-4-8-17(31)9-5-15)23(34)28-20(12-29)24(35)36/h2-9,13,18-20,29-31H,10-12,25H2,1H3,(H,26,32)(H,27,33)(H,28,34)(H,35,36). The summed E-state index contributed by atoms with van der Waals surface area (Å²) in [5.74, 6) is -3.69. The van der Waals surface area contributed by atoms with Crippen molar-refractivity contribution in [3.63, 3.8) is 0 Å². The van der Waals surface area contributed by atoms with Gasteiger partial charge in [-0.05, 0) is 42.3 Å². The summed E-state index contributed by atoms with van der Waals surface area (Å²) in [6, 6.07) is 6.81. The van der Waals surface area contributed by atoms with Crippen LogP contribution >= 0.6 is 0 Å². The number of phenols is 2. The van der Waals surface area contributed by atoms with Crippen LogP contribution in [0.3, 0.4) is 0 Å². The minimum absolute atomic E-state index is 0.00646. The number of benzene rings is 2. The van der Waals surface area contributed by atoms with Crippen molar-refractivity contribution in [2.75, 3.05) is 6.61 Å². The number of carboxylic acids is 1. The maximum atomic E-state index is 13.2. The molecule has 4 atom stereocenters. The van der Waals surface area contributed by atoms with Crippen LogP contribution in [-0.4, -0.2) is 74.9 Å². The number of hydrogen-bond donors (Lipinski definition) is 8. The van der Waals surface area contributed by atoms with Crippen LogP contribution < -0.4 is 21.7 Å². The molecule has 2 aromatic carbocycles. The van der Waals surface area contributed by atoms with Gasteiger partial charge in [-0.3, -0.25) is 14.4 Å². The molecule has 0 aliphatic heterocycles. The highest BCUT2D eigenvalue weighted by atomic mass is 16.4. The molecule has 0 aromatic heterocycles. The van der Waals surface area contributed by atoms with Gasteiger partial charge in [0.15, 0.2) is 0 Å². The van der Waals surface area contributed by atoms with Crippen molar-refractivity contribution in [2.45, 2.75) is 43.9 Å². The minimum atomic E-state index is -1.60. The summed E-state index contributed by atoms with van der Waals surface area (Å²) in [6.07, 6.45) is -0.0741. The number of nitrogens with two attached hydrogens (primary N) is 1. The van der Waals surface area contributed by atoms with Gasteiger partial charge < -0.3 is 42.1 Å². The normalized spacial score (nSPS) is 14.1. The molecule has 0 saturated heterocycles. The molecule has 3 amide bonds. The zero-order valence-corrected chi connectivity index (χ0v) is 19.5. The number of hydrogen-bond acceptors (Lipinski definition) is 8. The molecule has 2 rings (SSSR count). The maximum absolute atomic E-state index is 13.2. The van der Waals surface area contributed by atoms with E-state index in [4.69, 9.17) is 10.8 Å². The number of carboxylic acid groups (broad SMARTS) is 1. The first kappa shape index (κ1) is 28.1. The van der Waals surface area contributed by atoms with Crippen LogP contribution in [0.1, 0.15) is 18.1 Å². The number of phenolic OH excluding ortho intramolecular Hbond substituents is 2. The van der Waals surface area contributed by atoms with Gasteiger partial charge in [-0.1, -0.05) is 24.3 Å². The molecule has 0 bridgehead atoms. The first-order valence-corrected chi connectivity index (χ1v) is 11.1. The largest absolute Gasteiger partial charge is 0.508 e. The van der Waals surface area contributed by atoms with Crippen LogP contribution in [0.5, 0.6) is 11.5 Å². The zero-order chi connectivity index (χ0) is 26.8. The minimum Gasteiger partial charge on any atom is -0.508 e. The predicted molar refractivity (Wildman–Crippen MR) is 128 cm³/mol. The molecule has 2 aromatic rings. The van der Waals surface area contributed by atoms with Crippen molar-refractivity contribution in [2.24, 2.45) is 5.73 Å². The van der Waals surface area contributed by atoms with Crippen LogP contribution in [0.2, 0.25) is 0 Å². The number of amides is 3. The summed E-state index contributed by atoms with van der Waals surface area (Å²) >= 11 is 0. The lowest BCUT2D eigenvalue weighted by atomic mass is 10.0.